The molecule has 0 N–H and O–H groups in total. The summed E-state index contributed by atoms with van der Waals surface area (Å²) in [6.45, 7) is 4.04. The number of carbonyl (C=O) groups is 1. The SMILES string of the molecule is CC1CC1C(=O)N(C)C(C)c1ccc(S(C)(=O)=O)cc1. The molecule has 1 aromatic carbocycles. The summed E-state index contributed by atoms with van der Waals surface area (Å²) in [5, 5.41) is 0. The quantitative estimate of drug-likeness (QED) is 0.856. The highest BCUT2D eigenvalue weighted by molar-refractivity contribution is 7.90. The first kappa shape index (κ1) is 15.0. The van der Waals surface area contributed by atoms with Crippen LogP contribution in [0.25, 0.3) is 0 Å². The molecule has 1 aliphatic rings. The van der Waals surface area contributed by atoms with Crippen LogP contribution in [0.4, 0.5) is 0 Å². The van der Waals surface area contributed by atoms with Crippen molar-refractivity contribution in [3.05, 3.63) is 29.8 Å². The molecule has 2 rings (SSSR count). The van der Waals surface area contributed by atoms with Crippen molar-refractivity contribution in [1.29, 1.82) is 0 Å². The van der Waals surface area contributed by atoms with E-state index in [1.54, 1.807) is 29.2 Å². The lowest BCUT2D eigenvalue weighted by Gasteiger charge is -2.25. The number of benzene rings is 1. The van der Waals surface area contributed by atoms with Crippen molar-refractivity contribution < 1.29 is 13.2 Å². The molecule has 4 nitrogen and oxygen atoms in total. The highest BCUT2D eigenvalue weighted by atomic mass is 32.2. The molecule has 1 aliphatic carbocycles. The summed E-state index contributed by atoms with van der Waals surface area (Å²) in [7, 11) is -1.37. The van der Waals surface area contributed by atoms with Gasteiger partial charge in [0.1, 0.15) is 0 Å². The molecule has 0 saturated heterocycles. The molecule has 3 unspecified atom stereocenters. The molecule has 0 bridgehead atoms. The lowest BCUT2D eigenvalue weighted by molar-refractivity contribution is -0.133. The minimum Gasteiger partial charge on any atom is -0.339 e. The monoisotopic (exact) mass is 295 g/mol. The van der Waals surface area contributed by atoms with Crippen LogP contribution >= 0.6 is 0 Å². The van der Waals surface area contributed by atoms with Gasteiger partial charge in [-0.3, -0.25) is 4.79 Å². The third-order valence-corrected chi connectivity index (χ3v) is 5.27. The molecule has 1 aromatic rings. The Labute approximate surface area is 120 Å². The summed E-state index contributed by atoms with van der Waals surface area (Å²) in [5.74, 6) is 0.833. The molecule has 0 aliphatic heterocycles. The van der Waals surface area contributed by atoms with Crippen LogP contribution in [0.15, 0.2) is 29.2 Å². The van der Waals surface area contributed by atoms with Crippen LogP contribution in [0, 0.1) is 11.8 Å². The smallest absolute Gasteiger partial charge is 0.226 e. The molecule has 1 saturated carbocycles. The van der Waals surface area contributed by atoms with Gasteiger partial charge in [0, 0.05) is 19.2 Å². The first-order valence-corrected chi connectivity index (χ1v) is 8.67. The van der Waals surface area contributed by atoms with Crippen LogP contribution in [-0.4, -0.2) is 32.5 Å². The van der Waals surface area contributed by atoms with Gasteiger partial charge in [-0.05, 0) is 37.0 Å². The number of carbonyl (C=O) groups excluding carboxylic acids is 1. The van der Waals surface area contributed by atoms with Crippen molar-refractivity contribution in [1.82, 2.24) is 4.90 Å². The van der Waals surface area contributed by atoms with Gasteiger partial charge in [0.05, 0.1) is 10.9 Å². The van der Waals surface area contributed by atoms with Gasteiger partial charge in [0.25, 0.3) is 0 Å². The molecule has 3 atom stereocenters. The maximum absolute atomic E-state index is 12.2. The van der Waals surface area contributed by atoms with E-state index >= 15 is 0 Å². The van der Waals surface area contributed by atoms with Crippen molar-refractivity contribution in [2.24, 2.45) is 11.8 Å². The fourth-order valence-electron chi connectivity index (χ4n) is 2.34. The molecule has 1 fully saturated rings. The van der Waals surface area contributed by atoms with Crippen molar-refractivity contribution in [2.45, 2.75) is 31.2 Å². The van der Waals surface area contributed by atoms with E-state index in [4.69, 9.17) is 0 Å². The number of hydrogen-bond donors (Lipinski definition) is 0. The summed E-state index contributed by atoms with van der Waals surface area (Å²) in [4.78, 5) is 14.2. The van der Waals surface area contributed by atoms with Crippen molar-refractivity contribution >= 4 is 15.7 Å². The van der Waals surface area contributed by atoms with Crippen molar-refractivity contribution in [2.75, 3.05) is 13.3 Å². The Balaban J connectivity index is 2.13. The van der Waals surface area contributed by atoms with Gasteiger partial charge in [-0.2, -0.15) is 0 Å². The summed E-state index contributed by atoms with van der Waals surface area (Å²) in [5.41, 5.74) is 0.946. The summed E-state index contributed by atoms with van der Waals surface area (Å²) >= 11 is 0. The lowest BCUT2D eigenvalue weighted by Crippen LogP contribution is -2.31. The first-order valence-electron chi connectivity index (χ1n) is 6.78. The molecule has 20 heavy (non-hydrogen) atoms. The van der Waals surface area contributed by atoms with E-state index in [-0.39, 0.29) is 17.9 Å². The Bertz CT molecular complexity index is 607. The van der Waals surface area contributed by atoms with Crippen molar-refractivity contribution in [3.8, 4) is 0 Å². The number of sulfone groups is 1. The molecule has 0 radical (unpaired) electrons. The third-order valence-electron chi connectivity index (χ3n) is 4.15. The highest BCUT2D eigenvalue weighted by Crippen LogP contribution is 2.40. The van der Waals surface area contributed by atoms with E-state index in [2.05, 4.69) is 6.92 Å². The second kappa shape index (κ2) is 5.20. The molecule has 1 amide bonds. The molecule has 0 heterocycles. The van der Waals surface area contributed by atoms with E-state index < -0.39 is 9.84 Å². The van der Waals surface area contributed by atoms with Gasteiger partial charge >= 0.3 is 0 Å². The Morgan fingerprint density at radius 2 is 1.80 bits per heavy atom. The second-order valence-corrected chi connectivity index (χ2v) is 7.80. The van der Waals surface area contributed by atoms with E-state index in [0.29, 0.717) is 10.8 Å². The maximum Gasteiger partial charge on any atom is 0.226 e. The number of amides is 1. The fraction of sp³-hybridized carbons (Fsp3) is 0.533. The van der Waals surface area contributed by atoms with E-state index in [0.717, 1.165) is 12.0 Å². The highest BCUT2D eigenvalue weighted by Gasteiger charge is 2.41. The first-order chi connectivity index (χ1) is 9.21. The Hall–Kier alpha value is -1.36. The zero-order valence-electron chi connectivity index (χ0n) is 12.3. The van der Waals surface area contributed by atoms with Crippen LogP contribution in [0.3, 0.4) is 0 Å². The van der Waals surface area contributed by atoms with Gasteiger partial charge in [-0.15, -0.1) is 0 Å². The average Bonchev–Trinajstić information content (AvgIpc) is 3.12. The largest absolute Gasteiger partial charge is 0.339 e. The Kier molecular flexibility index (Phi) is 3.91. The second-order valence-electron chi connectivity index (χ2n) is 5.79. The summed E-state index contributed by atoms with van der Waals surface area (Å²) in [6, 6.07) is 6.70. The minimum atomic E-state index is -3.17. The van der Waals surface area contributed by atoms with Crippen molar-refractivity contribution in [3.63, 3.8) is 0 Å². The predicted molar refractivity (Wildman–Crippen MR) is 78.0 cm³/mol. The van der Waals surface area contributed by atoms with Gasteiger partial charge in [0.15, 0.2) is 9.84 Å². The average molecular weight is 295 g/mol. The zero-order valence-corrected chi connectivity index (χ0v) is 13.1. The number of rotatable bonds is 4. The standard InChI is InChI=1S/C15H21NO3S/c1-10-9-14(10)15(17)16(3)11(2)12-5-7-13(8-6-12)20(4,18)19/h5-8,10-11,14H,9H2,1-4H3. The van der Waals surface area contributed by atoms with Crippen LogP contribution in [0.1, 0.15) is 31.9 Å². The third kappa shape index (κ3) is 3.03. The van der Waals surface area contributed by atoms with Gasteiger partial charge in [-0.25, -0.2) is 8.42 Å². The molecule has 110 valence electrons. The van der Waals surface area contributed by atoms with Gasteiger partial charge in [-0.1, -0.05) is 19.1 Å². The molecule has 0 aromatic heterocycles. The van der Waals surface area contributed by atoms with E-state index in [1.165, 1.54) is 6.26 Å². The predicted octanol–water partition coefficient (Wildman–Crippen LogP) is 2.27. The number of hydrogen-bond acceptors (Lipinski definition) is 3. The molecule has 5 heteroatoms. The van der Waals surface area contributed by atoms with E-state index in [1.807, 2.05) is 14.0 Å². The zero-order chi connectivity index (χ0) is 15.1. The number of nitrogens with zero attached hydrogens (tertiary/aromatic N) is 1. The normalized spacial score (nSPS) is 23.2. The van der Waals surface area contributed by atoms with Crippen LogP contribution in [-0.2, 0) is 14.6 Å². The maximum atomic E-state index is 12.2. The topological polar surface area (TPSA) is 54.5 Å². The Morgan fingerprint density at radius 1 is 1.30 bits per heavy atom. The van der Waals surface area contributed by atoms with Crippen LogP contribution in [0.2, 0.25) is 0 Å². The molecule has 0 spiro atoms. The van der Waals surface area contributed by atoms with Crippen LogP contribution < -0.4 is 0 Å². The van der Waals surface area contributed by atoms with Crippen LogP contribution in [0.5, 0.6) is 0 Å². The summed E-state index contributed by atoms with van der Waals surface area (Å²) < 4.78 is 22.9. The lowest BCUT2D eigenvalue weighted by atomic mass is 10.1. The minimum absolute atomic E-state index is 0.0519. The fourth-order valence-corrected chi connectivity index (χ4v) is 2.97. The Morgan fingerprint density at radius 3 is 2.20 bits per heavy atom. The van der Waals surface area contributed by atoms with Gasteiger partial charge < -0.3 is 4.90 Å². The summed E-state index contributed by atoms with van der Waals surface area (Å²) in [6.07, 6.45) is 2.17. The van der Waals surface area contributed by atoms with Gasteiger partial charge in [0.2, 0.25) is 5.91 Å². The van der Waals surface area contributed by atoms with E-state index in [9.17, 15) is 13.2 Å². The molecular weight excluding hydrogens is 274 g/mol. The molecular formula is C15H21NO3S.